The predicted molar refractivity (Wildman–Crippen MR) is 93.1 cm³/mol. The van der Waals surface area contributed by atoms with Gasteiger partial charge in [0.05, 0.1) is 0 Å². The molecule has 2 aromatic rings. The van der Waals surface area contributed by atoms with E-state index < -0.39 is 0 Å². The minimum Gasteiger partial charge on any atom is -0.369 e. The van der Waals surface area contributed by atoms with Crippen molar-refractivity contribution in [2.24, 2.45) is 0 Å². The van der Waals surface area contributed by atoms with Crippen molar-refractivity contribution in [2.45, 2.75) is 6.54 Å². The maximum atomic E-state index is 5.95. The number of hydrogen-bond donors (Lipinski definition) is 0. The van der Waals surface area contributed by atoms with Gasteiger partial charge < -0.3 is 4.90 Å². The number of rotatable bonds is 3. The van der Waals surface area contributed by atoms with Gasteiger partial charge in [-0.1, -0.05) is 45.7 Å². The molecule has 21 heavy (non-hydrogen) atoms. The molecule has 0 aliphatic carbocycles. The summed E-state index contributed by atoms with van der Waals surface area (Å²) < 4.78 is 1.20. The number of piperazine rings is 1. The van der Waals surface area contributed by atoms with Crippen molar-refractivity contribution in [1.29, 1.82) is 0 Å². The molecule has 1 fully saturated rings. The molecule has 0 unspecified atom stereocenters. The molecular weight excluding hydrogens is 348 g/mol. The number of hydrogen-bond acceptors (Lipinski definition) is 2. The molecule has 1 aliphatic heterocycles. The van der Waals surface area contributed by atoms with Crippen molar-refractivity contribution in [3.05, 3.63) is 63.6 Å². The van der Waals surface area contributed by atoms with Gasteiger partial charge in [0.2, 0.25) is 0 Å². The largest absolute Gasteiger partial charge is 0.369 e. The molecule has 0 atom stereocenters. The Balaban J connectivity index is 1.58. The third-order valence-corrected chi connectivity index (χ3v) is 4.94. The molecule has 0 spiro atoms. The summed E-state index contributed by atoms with van der Waals surface area (Å²) in [7, 11) is 0. The van der Waals surface area contributed by atoms with Gasteiger partial charge >= 0.3 is 0 Å². The van der Waals surface area contributed by atoms with E-state index in [1.54, 1.807) is 0 Å². The highest BCUT2D eigenvalue weighted by Crippen LogP contribution is 2.22. The Morgan fingerprint density at radius 1 is 0.905 bits per heavy atom. The number of nitrogens with zero attached hydrogens (tertiary/aromatic N) is 2. The Bertz CT molecular complexity index is 592. The average Bonchev–Trinajstić information content (AvgIpc) is 2.51. The monoisotopic (exact) mass is 364 g/mol. The van der Waals surface area contributed by atoms with E-state index in [2.05, 4.69) is 62.1 Å². The zero-order chi connectivity index (χ0) is 14.7. The highest BCUT2D eigenvalue weighted by molar-refractivity contribution is 9.10. The molecular formula is C17H18BrClN2. The predicted octanol–water partition coefficient (Wildman–Crippen LogP) is 4.42. The maximum Gasteiger partial charge on any atom is 0.0407 e. The highest BCUT2D eigenvalue weighted by Gasteiger charge is 2.17. The van der Waals surface area contributed by atoms with Crippen LogP contribution in [0.15, 0.2) is 53.0 Å². The molecule has 1 saturated heterocycles. The molecule has 3 rings (SSSR count). The van der Waals surface area contributed by atoms with Gasteiger partial charge in [-0.05, 0) is 35.9 Å². The molecule has 0 saturated carbocycles. The Labute approximate surface area is 139 Å². The average molecular weight is 366 g/mol. The van der Waals surface area contributed by atoms with Crippen LogP contribution in [0.2, 0.25) is 5.02 Å². The highest BCUT2D eigenvalue weighted by atomic mass is 79.9. The van der Waals surface area contributed by atoms with Crippen molar-refractivity contribution >= 4 is 33.2 Å². The second-order valence-corrected chi connectivity index (χ2v) is 6.62. The molecule has 0 N–H and O–H groups in total. The second-order valence-electron chi connectivity index (χ2n) is 5.33. The standard InChI is InChI=1S/C17H18BrClN2/c18-17-4-2-1-3-14(17)13-20-9-11-21(12-10-20)16-7-5-15(19)6-8-16/h1-8H,9-13H2. The van der Waals surface area contributed by atoms with Crippen molar-refractivity contribution in [3.63, 3.8) is 0 Å². The van der Waals surface area contributed by atoms with E-state index in [1.165, 1.54) is 15.7 Å². The van der Waals surface area contributed by atoms with Gasteiger partial charge in [-0.25, -0.2) is 0 Å². The fourth-order valence-corrected chi connectivity index (χ4v) is 3.22. The summed E-state index contributed by atoms with van der Waals surface area (Å²) in [5.41, 5.74) is 2.62. The third-order valence-electron chi connectivity index (χ3n) is 3.92. The van der Waals surface area contributed by atoms with Crippen LogP contribution in [0, 0.1) is 0 Å². The van der Waals surface area contributed by atoms with Gasteiger partial charge in [-0.3, -0.25) is 4.90 Å². The van der Waals surface area contributed by atoms with Crippen LogP contribution < -0.4 is 4.90 Å². The van der Waals surface area contributed by atoms with Crippen LogP contribution in [0.25, 0.3) is 0 Å². The quantitative estimate of drug-likeness (QED) is 0.794. The second kappa shape index (κ2) is 6.82. The smallest absolute Gasteiger partial charge is 0.0407 e. The topological polar surface area (TPSA) is 6.48 Å². The zero-order valence-corrected chi connectivity index (χ0v) is 14.1. The van der Waals surface area contributed by atoms with Gasteiger partial charge in [0.25, 0.3) is 0 Å². The summed E-state index contributed by atoms with van der Waals surface area (Å²) in [6.07, 6.45) is 0. The van der Waals surface area contributed by atoms with Crippen molar-refractivity contribution < 1.29 is 0 Å². The first-order valence-electron chi connectivity index (χ1n) is 7.18. The number of anilines is 1. The Hall–Kier alpha value is -1.03. The minimum absolute atomic E-state index is 0.798. The number of benzene rings is 2. The summed E-state index contributed by atoms with van der Waals surface area (Å²) >= 11 is 9.58. The molecule has 0 radical (unpaired) electrons. The lowest BCUT2D eigenvalue weighted by molar-refractivity contribution is 0.249. The molecule has 110 valence electrons. The van der Waals surface area contributed by atoms with Gasteiger partial charge in [0, 0.05) is 47.9 Å². The fourth-order valence-electron chi connectivity index (χ4n) is 2.68. The first-order chi connectivity index (χ1) is 10.2. The van der Waals surface area contributed by atoms with Crippen LogP contribution >= 0.6 is 27.5 Å². The molecule has 2 aromatic carbocycles. The lowest BCUT2D eigenvalue weighted by Crippen LogP contribution is -2.46. The molecule has 4 heteroatoms. The van der Waals surface area contributed by atoms with Gasteiger partial charge in [0.1, 0.15) is 0 Å². The Morgan fingerprint density at radius 2 is 1.57 bits per heavy atom. The van der Waals surface area contributed by atoms with Crippen LogP contribution in [0.3, 0.4) is 0 Å². The minimum atomic E-state index is 0.798. The van der Waals surface area contributed by atoms with Crippen LogP contribution in [-0.4, -0.2) is 31.1 Å². The van der Waals surface area contributed by atoms with E-state index >= 15 is 0 Å². The van der Waals surface area contributed by atoms with E-state index in [4.69, 9.17) is 11.6 Å². The summed E-state index contributed by atoms with van der Waals surface area (Å²) in [4.78, 5) is 4.93. The molecule has 0 aromatic heterocycles. The van der Waals surface area contributed by atoms with Crippen LogP contribution in [0.4, 0.5) is 5.69 Å². The zero-order valence-electron chi connectivity index (χ0n) is 11.8. The molecule has 1 heterocycles. The lowest BCUT2D eigenvalue weighted by atomic mass is 10.2. The fraction of sp³-hybridized carbons (Fsp3) is 0.294. The van der Waals surface area contributed by atoms with E-state index in [0.29, 0.717) is 0 Å². The summed E-state index contributed by atoms with van der Waals surface area (Å²) in [6, 6.07) is 16.6. The first-order valence-corrected chi connectivity index (χ1v) is 8.36. The van der Waals surface area contributed by atoms with E-state index in [1.807, 2.05) is 12.1 Å². The summed E-state index contributed by atoms with van der Waals surface area (Å²) in [5, 5.41) is 0.798. The Morgan fingerprint density at radius 3 is 2.24 bits per heavy atom. The van der Waals surface area contributed by atoms with Crippen molar-refractivity contribution in [1.82, 2.24) is 4.90 Å². The molecule has 0 amide bonds. The van der Waals surface area contributed by atoms with E-state index in [0.717, 1.165) is 37.7 Å². The van der Waals surface area contributed by atoms with Crippen LogP contribution in [0.5, 0.6) is 0 Å². The summed E-state index contributed by atoms with van der Waals surface area (Å²) in [5.74, 6) is 0. The van der Waals surface area contributed by atoms with Gasteiger partial charge in [-0.15, -0.1) is 0 Å². The van der Waals surface area contributed by atoms with Crippen molar-refractivity contribution in [2.75, 3.05) is 31.1 Å². The van der Waals surface area contributed by atoms with Gasteiger partial charge in [-0.2, -0.15) is 0 Å². The molecule has 1 aliphatic rings. The van der Waals surface area contributed by atoms with E-state index in [-0.39, 0.29) is 0 Å². The summed E-state index contributed by atoms with van der Waals surface area (Å²) in [6.45, 7) is 5.31. The third kappa shape index (κ3) is 3.79. The van der Waals surface area contributed by atoms with Crippen molar-refractivity contribution in [3.8, 4) is 0 Å². The Kier molecular flexibility index (Phi) is 4.84. The van der Waals surface area contributed by atoms with E-state index in [9.17, 15) is 0 Å². The first kappa shape index (κ1) is 14.9. The lowest BCUT2D eigenvalue weighted by Gasteiger charge is -2.36. The van der Waals surface area contributed by atoms with Gasteiger partial charge in [0.15, 0.2) is 0 Å². The van der Waals surface area contributed by atoms with Crippen LogP contribution in [-0.2, 0) is 6.54 Å². The SMILES string of the molecule is Clc1ccc(N2CCN(Cc3ccccc3Br)CC2)cc1. The molecule has 2 nitrogen and oxygen atoms in total. The molecule has 0 bridgehead atoms. The number of halogens is 2. The van der Waals surface area contributed by atoms with Crippen LogP contribution in [0.1, 0.15) is 5.56 Å². The normalized spacial score (nSPS) is 16.2. The maximum absolute atomic E-state index is 5.95.